The summed E-state index contributed by atoms with van der Waals surface area (Å²) in [7, 11) is 0. The Morgan fingerprint density at radius 3 is 1.94 bits per heavy atom. The van der Waals surface area contributed by atoms with Crippen molar-refractivity contribution in [1.29, 1.82) is 0 Å². The summed E-state index contributed by atoms with van der Waals surface area (Å²) in [6.07, 6.45) is 0. The van der Waals surface area contributed by atoms with Crippen molar-refractivity contribution in [2.45, 2.75) is 39.5 Å². The summed E-state index contributed by atoms with van der Waals surface area (Å²) < 4.78 is 0. The zero-order valence-electron chi connectivity index (χ0n) is 14.6. The molecule has 2 aromatic rings. The van der Waals surface area contributed by atoms with Crippen LogP contribution in [0, 0.1) is 0 Å². The van der Waals surface area contributed by atoms with Gasteiger partial charge in [-0.15, -0.1) is 0 Å². The molecule has 0 nitrogen and oxygen atoms in total. The van der Waals surface area contributed by atoms with E-state index in [9.17, 15) is 0 Å². The molecule has 2 rings (SSSR count). The summed E-state index contributed by atoms with van der Waals surface area (Å²) in [4.78, 5) is 0. The molecule has 2 heteroatoms. The zero-order chi connectivity index (χ0) is 11.7. The van der Waals surface area contributed by atoms with Crippen LogP contribution in [0.1, 0.15) is 53.5 Å². The van der Waals surface area contributed by atoms with Gasteiger partial charge in [-0.2, -0.15) is 0 Å². The fraction of sp³-hybridized carbons (Fsp3) is 0.375. The van der Waals surface area contributed by atoms with Crippen molar-refractivity contribution < 1.29 is 62.0 Å². The molecule has 0 atom stereocenters. The maximum Gasteiger partial charge on any atom is 1.00 e. The molecule has 2 aromatic carbocycles. The Morgan fingerprint density at radius 1 is 0.778 bits per heavy atom. The largest absolute Gasteiger partial charge is 1.00 e. The monoisotopic (exact) mass is 260 g/mol. The third-order valence-corrected chi connectivity index (χ3v) is 3.20. The van der Waals surface area contributed by atoms with E-state index in [0.717, 1.165) is 0 Å². The van der Waals surface area contributed by atoms with E-state index in [0.29, 0.717) is 11.8 Å². The van der Waals surface area contributed by atoms with Gasteiger partial charge in [-0.05, 0) is 33.7 Å². The molecule has 0 radical (unpaired) electrons. The van der Waals surface area contributed by atoms with Gasteiger partial charge in [0.15, 0.2) is 0 Å². The molecule has 18 heavy (non-hydrogen) atoms. The minimum Gasteiger partial charge on any atom is -1.00 e. The van der Waals surface area contributed by atoms with Crippen LogP contribution in [-0.4, -0.2) is 0 Å². The molecular weight excluding hydrogens is 238 g/mol. The first-order valence-electron chi connectivity index (χ1n) is 6.12. The van der Waals surface area contributed by atoms with Crippen LogP contribution in [-0.2, 0) is 0 Å². The zero-order valence-corrected chi connectivity index (χ0v) is 16.6. The second-order valence-corrected chi connectivity index (χ2v) is 5.10. The molecule has 0 amide bonds. The molecule has 0 fully saturated rings. The van der Waals surface area contributed by atoms with E-state index >= 15 is 0 Å². The average molecular weight is 260 g/mol. The van der Waals surface area contributed by atoms with E-state index in [1.54, 1.807) is 0 Å². The molecule has 0 heterocycles. The van der Waals surface area contributed by atoms with Gasteiger partial charge in [-0.25, -0.2) is 0 Å². The van der Waals surface area contributed by atoms with E-state index in [4.69, 9.17) is 0 Å². The Kier molecular flexibility index (Phi) is 8.41. The van der Waals surface area contributed by atoms with Crippen LogP contribution >= 0.6 is 0 Å². The summed E-state index contributed by atoms with van der Waals surface area (Å²) >= 11 is 0. The molecule has 0 saturated heterocycles. The molecule has 0 aliphatic heterocycles. The van der Waals surface area contributed by atoms with E-state index in [1.165, 1.54) is 21.9 Å². The Morgan fingerprint density at radius 2 is 1.39 bits per heavy atom. The smallest absolute Gasteiger partial charge is 1.00 e. The number of hydrogen-bond acceptors (Lipinski definition) is 0. The normalized spacial score (nSPS) is 10.3. The summed E-state index contributed by atoms with van der Waals surface area (Å²) in [5.41, 5.74) is 3.02. The van der Waals surface area contributed by atoms with Gasteiger partial charge in [0.2, 0.25) is 0 Å². The molecule has 88 valence electrons. The van der Waals surface area contributed by atoms with Crippen molar-refractivity contribution in [2.75, 3.05) is 0 Å². The number of benzene rings is 2. The Labute approximate surface area is 158 Å². The maximum atomic E-state index is 2.29. The molecule has 0 aliphatic carbocycles. The molecule has 0 N–H and O–H groups in total. The van der Waals surface area contributed by atoms with Gasteiger partial charge in [0, 0.05) is 0 Å². The van der Waals surface area contributed by atoms with Crippen molar-refractivity contribution in [3.8, 4) is 0 Å². The Balaban J connectivity index is -0.000000722. The summed E-state index contributed by atoms with van der Waals surface area (Å²) in [5.74, 6) is 1.19. The molecule has 0 spiro atoms. The van der Waals surface area contributed by atoms with Crippen molar-refractivity contribution >= 4 is 10.8 Å². The van der Waals surface area contributed by atoms with Gasteiger partial charge in [-0.1, -0.05) is 64.1 Å². The average Bonchev–Trinajstić information content (AvgIpc) is 2.27. The van der Waals surface area contributed by atoms with Crippen molar-refractivity contribution in [3.05, 3.63) is 47.5 Å². The Hall–Kier alpha value is 0.700. The first kappa shape index (κ1) is 18.7. The van der Waals surface area contributed by atoms with Gasteiger partial charge in [0.25, 0.3) is 0 Å². The third-order valence-electron chi connectivity index (χ3n) is 3.20. The third kappa shape index (κ3) is 3.85. The standard InChI is InChI=1S/C16H20.2Na.2H/c1-11(2)14-10-9-13-7-5-6-8-15(13)16(14)12(3)4;;;;/h5-12H,1-4H3;;;;/q;2*+1;2*-1. The quantitative estimate of drug-likeness (QED) is 0.628. The van der Waals surface area contributed by atoms with Crippen LogP contribution in [0.2, 0.25) is 0 Å². The SMILES string of the molecule is CC(C)c1ccc2ccccc2c1C(C)C.[H-].[H-].[Na+].[Na+]. The Bertz CT molecular complexity index is 511. The topological polar surface area (TPSA) is 0 Å². The van der Waals surface area contributed by atoms with E-state index in [1.807, 2.05) is 0 Å². The van der Waals surface area contributed by atoms with Crippen LogP contribution in [0.5, 0.6) is 0 Å². The van der Waals surface area contributed by atoms with Crippen LogP contribution in [0.15, 0.2) is 36.4 Å². The first-order valence-corrected chi connectivity index (χ1v) is 6.12. The van der Waals surface area contributed by atoms with Gasteiger partial charge in [0.05, 0.1) is 0 Å². The fourth-order valence-electron chi connectivity index (χ4n) is 2.46. The van der Waals surface area contributed by atoms with Gasteiger partial charge in [0.1, 0.15) is 0 Å². The second kappa shape index (κ2) is 8.09. The number of rotatable bonds is 2. The van der Waals surface area contributed by atoms with Gasteiger partial charge >= 0.3 is 59.1 Å². The summed E-state index contributed by atoms with van der Waals surface area (Å²) in [5, 5.41) is 2.78. The maximum absolute atomic E-state index is 2.29. The molecule has 0 bridgehead atoms. The van der Waals surface area contributed by atoms with Crippen LogP contribution in [0.4, 0.5) is 0 Å². The minimum absolute atomic E-state index is 0. The number of fused-ring (bicyclic) bond motifs is 1. The van der Waals surface area contributed by atoms with Crippen LogP contribution in [0.3, 0.4) is 0 Å². The van der Waals surface area contributed by atoms with Gasteiger partial charge < -0.3 is 2.85 Å². The fourth-order valence-corrected chi connectivity index (χ4v) is 2.46. The molecular formula is C16H22Na2. The van der Waals surface area contributed by atoms with Crippen molar-refractivity contribution in [1.82, 2.24) is 0 Å². The van der Waals surface area contributed by atoms with E-state index in [-0.39, 0.29) is 62.0 Å². The number of hydrogen-bond donors (Lipinski definition) is 0. The molecule has 0 saturated carbocycles. The minimum atomic E-state index is 0. The van der Waals surface area contributed by atoms with Gasteiger partial charge in [-0.3, -0.25) is 0 Å². The second-order valence-electron chi connectivity index (χ2n) is 5.10. The van der Waals surface area contributed by atoms with E-state index in [2.05, 4.69) is 64.1 Å². The van der Waals surface area contributed by atoms with Crippen molar-refractivity contribution in [2.24, 2.45) is 0 Å². The first-order chi connectivity index (χ1) is 7.61. The summed E-state index contributed by atoms with van der Waals surface area (Å²) in [6, 6.07) is 13.2. The van der Waals surface area contributed by atoms with Crippen LogP contribution in [0.25, 0.3) is 10.8 Å². The van der Waals surface area contributed by atoms with Crippen LogP contribution < -0.4 is 59.1 Å². The molecule has 0 aliphatic rings. The molecule has 0 aromatic heterocycles. The van der Waals surface area contributed by atoms with E-state index < -0.39 is 0 Å². The molecule has 0 unspecified atom stereocenters. The summed E-state index contributed by atoms with van der Waals surface area (Å²) in [6.45, 7) is 9.12. The van der Waals surface area contributed by atoms with Crippen molar-refractivity contribution in [3.63, 3.8) is 0 Å². The predicted molar refractivity (Wildman–Crippen MR) is 74.4 cm³/mol. The predicted octanol–water partition coefficient (Wildman–Crippen LogP) is -0.680.